The Hall–Kier alpha value is -3.43. The van der Waals surface area contributed by atoms with Crippen molar-refractivity contribution in [2.45, 2.75) is 25.6 Å². The Bertz CT molecular complexity index is 1040. The molecule has 1 heterocycles. The monoisotopic (exact) mass is 437 g/mol. The van der Waals surface area contributed by atoms with Gasteiger partial charge in [-0.25, -0.2) is 9.18 Å². The predicted molar refractivity (Wildman–Crippen MR) is 103 cm³/mol. The molecule has 0 bridgehead atoms. The van der Waals surface area contributed by atoms with Crippen LogP contribution < -0.4 is 16.0 Å². The topological polar surface area (TPSA) is 87.3 Å². The van der Waals surface area contributed by atoms with E-state index in [4.69, 9.17) is 0 Å². The van der Waals surface area contributed by atoms with Gasteiger partial charge in [-0.1, -0.05) is 38.1 Å². The molecule has 3 rings (SSSR count). The fraction of sp³-hybridized carbons (Fsp3) is 0.286. The van der Waals surface area contributed by atoms with E-state index in [1.807, 2.05) is 0 Å². The molecule has 6 nitrogen and oxygen atoms in total. The molecule has 1 saturated heterocycles. The number of alkyl halides is 3. The number of halogens is 4. The minimum Gasteiger partial charge on any atom is -0.349 e. The van der Waals surface area contributed by atoms with Crippen molar-refractivity contribution in [3.8, 4) is 11.1 Å². The van der Waals surface area contributed by atoms with Crippen molar-refractivity contribution < 1.29 is 31.9 Å². The number of urea groups is 1. The highest BCUT2D eigenvalue weighted by atomic mass is 19.4. The summed E-state index contributed by atoms with van der Waals surface area (Å²) in [5.41, 5.74) is -2.37. The van der Waals surface area contributed by atoms with Crippen LogP contribution in [-0.4, -0.2) is 29.9 Å². The maximum atomic E-state index is 14.6. The molecular weight excluding hydrogens is 418 g/mol. The van der Waals surface area contributed by atoms with Crippen LogP contribution in [0.4, 0.5) is 22.4 Å². The molecular formula is C21H19F4N3O3. The second-order valence-corrected chi connectivity index (χ2v) is 7.45. The van der Waals surface area contributed by atoms with Crippen molar-refractivity contribution in [2.24, 2.45) is 5.92 Å². The van der Waals surface area contributed by atoms with E-state index >= 15 is 0 Å². The summed E-state index contributed by atoms with van der Waals surface area (Å²) in [5.74, 6) is -2.77. The van der Waals surface area contributed by atoms with E-state index in [-0.39, 0.29) is 23.2 Å². The smallest absolute Gasteiger partial charge is 0.349 e. The molecule has 10 heteroatoms. The zero-order chi connectivity index (χ0) is 23.0. The van der Waals surface area contributed by atoms with Gasteiger partial charge in [-0.3, -0.25) is 14.9 Å². The molecule has 0 spiro atoms. The van der Waals surface area contributed by atoms with Gasteiger partial charge in [0.05, 0.1) is 17.7 Å². The van der Waals surface area contributed by atoms with Crippen molar-refractivity contribution in [3.05, 3.63) is 59.4 Å². The van der Waals surface area contributed by atoms with Crippen LogP contribution in [0.2, 0.25) is 0 Å². The Labute approximate surface area is 175 Å². The van der Waals surface area contributed by atoms with Gasteiger partial charge in [0, 0.05) is 0 Å². The van der Waals surface area contributed by atoms with Crippen LogP contribution in [0, 0.1) is 11.7 Å². The lowest BCUT2D eigenvalue weighted by molar-refractivity contribution is -0.137. The first-order valence-electron chi connectivity index (χ1n) is 9.33. The van der Waals surface area contributed by atoms with E-state index in [9.17, 15) is 31.9 Å². The van der Waals surface area contributed by atoms with Crippen molar-refractivity contribution in [1.82, 2.24) is 16.0 Å². The molecule has 31 heavy (non-hydrogen) atoms. The van der Waals surface area contributed by atoms with Gasteiger partial charge in [0.2, 0.25) is 0 Å². The van der Waals surface area contributed by atoms with Crippen molar-refractivity contribution in [2.75, 3.05) is 6.54 Å². The lowest BCUT2D eigenvalue weighted by Gasteiger charge is -2.30. The fourth-order valence-electron chi connectivity index (χ4n) is 3.38. The average Bonchev–Trinajstić information content (AvgIpc) is 2.99. The van der Waals surface area contributed by atoms with Gasteiger partial charge < -0.3 is 10.6 Å². The first kappa shape index (κ1) is 22.3. The molecule has 4 amide bonds. The third-order valence-corrected chi connectivity index (χ3v) is 5.25. The van der Waals surface area contributed by atoms with Gasteiger partial charge in [0.15, 0.2) is 0 Å². The third-order valence-electron chi connectivity index (χ3n) is 5.25. The summed E-state index contributed by atoms with van der Waals surface area (Å²) in [6.07, 6.45) is -4.53. The lowest BCUT2D eigenvalue weighted by atomic mass is 9.86. The summed E-state index contributed by atoms with van der Waals surface area (Å²) in [7, 11) is 0. The Morgan fingerprint density at radius 2 is 1.74 bits per heavy atom. The Kier molecular flexibility index (Phi) is 5.75. The summed E-state index contributed by atoms with van der Waals surface area (Å²) in [6.45, 7) is 3.05. The van der Waals surface area contributed by atoms with E-state index in [2.05, 4.69) is 16.0 Å². The van der Waals surface area contributed by atoms with Crippen molar-refractivity contribution >= 4 is 17.8 Å². The van der Waals surface area contributed by atoms with Crippen molar-refractivity contribution in [1.29, 1.82) is 0 Å². The van der Waals surface area contributed by atoms with Crippen LogP contribution in [0.25, 0.3) is 11.1 Å². The second-order valence-electron chi connectivity index (χ2n) is 7.45. The minimum absolute atomic E-state index is 0.0877. The van der Waals surface area contributed by atoms with Gasteiger partial charge in [0.1, 0.15) is 11.4 Å². The Morgan fingerprint density at radius 1 is 1.10 bits per heavy atom. The van der Waals surface area contributed by atoms with Crippen LogP contribution in [-0.2, 0) is 11.0 Å². The summed E-state index contributed by atoms with van der Waals surface area (Å²) < 4.78 is 53.0. The molecule has 164 valence electrons. The number of benzene rings is 2. The largest absolute Gasteiger partial charge is 0.416 e. The number of imide groups is 1. The molecule has 1 fully saturated rings. The highest BCUT2D eigenvalue weighted by Crippen LogP contribution is 2.32. The standard InChI is InChI=1S/C21H19F4N3O3/c1-11(2)20(18(30)27-19(31)28-20)10-26-17(29)16-14(4-3-5-15(16)22)12-6-8-13(9-7-12)21(23,24)25/h3-9,11H,10H2,1-2H3,(H,26,29)(H2,27,28,30,31). The van der Waals surface area contributed by atoms with E-state index in [0.717, 1.165) is 30.3 Å². The SMILES string of the molecule is CC(C)C1(CNC(=O)c2c(F)cccc2-c2ccc(C(F)(F)F)cc2)NC(=O)NC1=O. The van der Waals surface area contributed by atoms with Gasteiger partial charge in [-0.2, -0.15) is 13.2 Å². The zero-order valence-corrected chi connectivity index (χ0v) is 16.6. The normalized spacial score (nSPS) is 18.7. The highest BCUT2D eigenvalue weighted by Gasteiger charge is 2.48. The highest BCUT2D eigenvalue weighted by molar-refractivity contribution is 6.08. The molecule has 2 aromatic rings. The summed E-state index contributed by atoms with van der Waals surface area (Å²) in [4.78, 5) is 36.7. The molecule has 1 aliphatic rings. The fourth-order valence-corrected chi connectivity index (χ4v) is 3.38. The molecule has 0 aliphatic carbocycles. The van der Waals surface area contributed by atoms with Crippen LogP contribution in [0.1, 0.15) is 29.8 Å². The molecule has 0 aromatic heterocycles. The van der Waals surface area contributed by atoms with E-state index in [1.165, 1.54) is 12.1 Å². The van der Waals surface area contributed by atoms with E-state index in [1.54, 1.807) is 13.8 Å². The first-order valence-corrected chi connectivity index (χ1v) is 9.33. The summed E-state index contributed by atoms with van der Waals surface area (Å²) >= 11 is 0. The van der Waals surface area contributed by atoms with Gasteiger partial charge in [0.25, 0.3) is 11.8 Å². The second kappa shape index (κ2) is 8.01. The zero-order valence-electron chi connectivity index (χ0n) is 16.6. The molecule has 0 radical (unpaired) electrons. The Balaban J connectivity index is 1.90. The predicted octanol–water partition coefficient (Wildman–Crippen LogP) is 3.48. The number of carbonyl (C=O) groups is 3. The van der Waals surface area contributed by atoms with Crippen LogP contribution >= 0.6 is 0 Å². The lowest BCUT2D eigenvalue weighted by Crippen LogP contribution is -2.58. The van der Waals surface area contributed by atoms with E-state index in [0.29, 0.717) is 0 Å². The number of hydrogen-bond donors (Lipinski definition) is 3. The quantitative estimate of drug-likeness (QED) is 0.495. The number of hydrogen-bond acceptors (Lipinski definition) is 3. The molecule has 1 unspecified atom stereocenters. The molecule has 2 aromatic carbocycles. The summed E-state index contributed by atoms with van der Waals surface area (Å²) in [6, 6.07) is 7.06. The van der Waals surface area contributed by atoms with Gasteiger partial charge in [-0.15, -0.1) is 0 Å². The summed E-state index contributed by atoms with van der Waals surface area (Å²) in [5, 5.41) is 7.07. The average molecular weight is 437 g/mol. The van der Waals surface area contributed by atoms with Crippen LogP contribution in [0.5, 0.6) is 0 Å². The minimum atomic E-state index is -4.53. The number of nitrogens with one attached hydrogen (secondary N) is 3. The van der Waals surface area contributed by atoms with E-state index < -0.39 is 46.9 Å². The number of carbonyl (C=O) groups excluding carboxylic acids is 3. The van der Waals surface area contributed by atoms with Gasteiger partial charge in [-0.05, 0) is 35.2 Å². The molecule has 3 N–H and O–H groups in total. The molecule has 1 atom stereocenters. The Morgan fingerprint density at radius 3 is 2.26 bits per heavy atom. The van der Waals surface area contributed by atoms with Crippen LogP contribution in [0.3, 0.4) is 0 Å². The third kappa shape index (κ3) is 4.23. The number of rotatable bonds is 5. The molecule has 0 saturated carbocycles. The van der Waals surface area contributed by atoms with Gasteiger partial charge >= 0.3 is 12.2 Å². The van der Waals surface area contributed by atoms with Crippen molar-refractivity contribution in [3.63, 3.8) is 0 Å². The van der Waals surface area contributed by atoms with Crippen LogP contribution in [0.15, 0.2) is 42.5 Å². The number of amides is 4. The maximum absolute atomic E-state index is 14.6. The first-order chi connectivity index (χ1) is 14.5. The maximum Gasteiger partial charge on any atom is 0.416 e. The molecule has 1 aliphatic heterocycles.